The monoisotopic (exact) mass is 303 g/mol. The van der Waals surface area contributed by atoms with Crippen molar-refractivity contribution in [1.29, 1.82) is 0 Å². The van der Waals surface area contributed by atoms with E-state index in [0.717, 1.165) is 16.8 Å². The molecule has 2 atom stereocenters. The third kappa shape index (κ3) is 2.63. The summed E-state index contributed by atoms with van der Waals surface area (Å²) in [6.07, 6.45) is 3.55. The molecule has 0 radical (unpaired) electrons. The molecule has 2 aromatic carbocycles. The van der Waals surface area contributed by atoms with Gasteiger partial charge in [-0.1, -0.05) is 60.7 Å². The molecule has 0 amide bonds. The largest absolute Gasteiger partial charge is 0.465 e. The van der Waals surface area contributed by atoms with Gasteiger partial charge in [0.1, 0.15) is 11.7 Å². The molecule has 114 valence electrons. The molecule has 3 aromatic rings. The Labute approximate surface area is 135 Å². The van der Waals surface area contributed by atoms with Gasteiger partial charge in [-0.2, -0.15) is 0 Å². The maximum absolute atomic E-state index is 6.19. The Morgan fingerprint density at radius 3 is 2.17 bits per heavy atom. The Hall–Kier alpha value is -2.88. The second-order valence-corrected chi connectivity index (χ2v) is 5.66. The van der Waals surface area contributed by atoms with Crippen LogP contribution in [0.1, 0.15) is 29.0 Å². The Bertz CT molecular complexity index is 824. The normalized spacial score (nSPS) is 20.1. The zero-order valence-corrected chi connectivity index (χ0v) is 12.8. The van der Waals surface area contributed by atoms with Gasteiger partial charge in [0.15, 0.2) is 6.10 Å². The number of aryl methyl sites for hydroxylation is 1. The lowest BCUT2D eigenvalue weighted by Gasteiger charge is -2.18. The fraction of sp³-hybridized carbons (Fsp3) is 0.158. The summed E-state index contributed by atoms with van der Waals surface area (Å²) >= 11 is 0. The van der Waals surface area contributed by atoms with Crippen LogP contribution in [0.3, 0.4) is 0 Å². The number of imidazole rings is 1. The van der Waals surface area contributed by atoms with Crippen molar-refractivity contribution >= 4 is 5.90 Å². The first kappa shape index (κ1) is 13.8. The van der Waals surface area contributed by atoms with Gasteiger partial charge in [0.05, 0.1) is 6.33 Å². The first-order valence-electron chi connectivity index (χ1n) is 7.64. The summed E-state index contributed by atoms with van der Waals surface area (Å²) in [7, 11) is 1.94. The molecule has 0 saturated heterocycles. The fourth-order valence-electron chi connectivity index (χ4n) is 2.85. The van der Waals surface area contributed by atoms with E-state index in [4.69, 9.17) is 9.73 Å². The Morgan fingerprint density at radius 1 is 0.913 bits per heavy atom. The van der Waals surface area contributed by atoms with Gasteiger partial charge in [-0.15, -0.1) is 0 Å². The minimum atomic E-state index is -0.129. The maximum atomic E-state index is 6.19. The SMILES string of the molecule is Cn1cnc(C2=NC(c3ccccc3)C(c3ccccc3)O2)c1. The molecule has 4 rings (SSSR count). The molecule has 0 aliphatic carbocycles. The zero-order chi connectivity index (χ0) is 15.6. The van der Waals surface area contributed by atoms with Gasteiger partial charge < -0.3 is 9.30 Å². The van der Waals surface area contributed by atoms with Crippen molar-refractivity contribution in [2.75, 3.05) is 0 Å². The van der Waals surface area contributed by atoms with E-state index in [1.165, 1.54) is 0 Å². The van der Waals surface area contributed by atoms with Crippen molar-refractivity contribution in [3.63, 3.8) is 0 Å². The van der Waals surface area contributed by atoms with Crippen LogP contribution < -0.4 is 0 Å². The Balaban J connectivity index is 1.75. The lowest BCUT2D eigenvalue weighted by atomic mass is 9.97. The van der Waals surface area contributed by atoms with Crippen molar-refractivity contribution in [3.05, 3.63) is 90.0 Å². The van der Waals surface area contributed by atoms with E-state index < -0.39 is 0 Å². The molecule has 1 aliphatic rings. The lowest BCUT2D eigenvalue weighted by molar-refractivity contribution is 0.196. The van der Waals surface area contributed by atoms with E-state index in [-0.39, 0.29) is 12.1 Å². The molecule has 0 N–H and O–H groups in total. The number of aliphatic imine (C=N–C) groups is 1. The van der Waals surface area contributed by atoms with Crippen LogP contribution in [0.4, 0.5) is 0 Å². The Kier molecular flexibility index (Phi) is 3.42. The minimum Gasteiger partial charge on any atom is -0.465 e. The topological polar surface area (TPSA) is 39.4 Å². The van der Waals surface area contributed by atoms with E-state index >= 15 is 0 Å². The van der Waals surface area contributed by atoms with Crippen LogP contribution in [0.25, 0.3) is 0 Å². The van der Waals surface area contributed by atoms with Gasteiger partial charge >= 0.3 is 0 Å². The molecule has 0 spiro atoms. The smallest absolute Gasteiger partial charge is 0.238 e. The van der Waals surface area contributed by atoms with Crippen molar-refractivity contribution in [2.45, 2.75) is 12.1 Å². The van der Waals surface area contributed by atoms with E-state index in [0.29, 0.717) is 5.90 Å². The van der Waals surface area contributed by atoms with Gasteiger partial charge in [-0.05, 0) is 11.1 Å². The van der Waals surface area contributed by atoms with E-state index in [1.807, 2.05) is 54.2 Å². The summed E-state index contributed by atoms with van der Waals surface area (Å²) in [6, 6.07) is 20.4. The summed E-state index contributed by atoms with van der Waals surface area (Å²) in [6.45, 7) is 0. The summed E-state index contributed by atoms with van der Waals surface area (Å²) in [5, 5.41) is 0. The maximum Gasteiger partial charge on any atom is 0.238 e. The molecule has 0 bridgehead atoms. The molecular formula is C19H17N3O. The summed E-state index contributed by atoms with van der Waals surface area (Å²) in [5.74, 6) is 0.605. The summed E-state index contributed by atoms with van der Waals surface area (Å²) in [4.78, 5) is 9.18. The molecule has 1 aliphatic heterocycles. The fourth-order valence-corrected chi connectivity index (χ4v) is 2.85. The lowest BCUT2D eigenvalue weighted by Crippen LogP contribution is -2.09. The van der Waals surface area contributed by atoms with E-state index in [1.54, 1.807) is 6.33 Å². The van der Waals surface area contributed by atoms with Gasteiger partial charge in [0.25, 0.3) is 0 Å². The van der Waals surface area contributed by atoms with E-state index in [2.05, 4.69) is 29.2 Å². The van der Waals surface area contributed by atoms with Crippen LogP contribution in [0.5, 0.6) is 0 Å². The predicted octanol–water partition coefficient (Wildman–Crippen LogP) is 3.68. The molecule has 23 heavy (non-hydrogen) atoms. The van der Waals surface area contributed by atoms with Crippen molar-refractivity contribution in [1.82, 2.24) is 9.55 Å². The molecular weight excluding hydrogens is 286 g/mol. The third-order valence-electron chi connectivity index (χ3n) is 3.97. The van der Waals surface area contributed by atoms with Crippen LogP contribution in [-0.4, -0.2) is 15.4 Å². The first-order chi connectivity index (χ1) is 11.3. The number of nitrogens with zero attached hydrogens (tertiary/aromatic N) is 3. The number of aromatic nitrogens is 2. The average molecular weight is 303 g/mol. The predicted molar refractivity (Wildman–Crippen MR) is 89.2 cm³/mol. The van der Waals surface area contributed by atoms with Gasteiger partial charge in [-0.25, -0.2) is 9.98 Å². The van der Waals surface area contributed by atoms with E-state index in [9.17, 15) is 0 Å². The summed E-state index contributed by atoms with van der Waals surface area (Å²) < 4.78 is 8.09. The number of ether oxygens (including phenoxy) is 1. The Morgan fingerprint density at radius 2 is 1.57 bits per heavy atom. The van der Waals surface area contributed by atoms with Crippen LogP contribution in [0.15, 0.2) is 78.2 Å². The van der Waals surface area contributed by atoms with Gasteiger partial charge in [0.2, 0.25) is 5.90 Å². The highest BCUT2D eigenvalue weighted by molar-refractivity contribution is 5.93. The first-order valence-corrected chi connectivity index (χ1v) is 7.64. The van der Waals surface area contributed by atoms with Crippen molar-refractivity contribution in [3.8, 4) is 0 Å². The summed E-state index contributed by atoms with van der Waals surface area (Å²) in [5.41, 5.74) is 3.04. The number of hydrogen-bond donors (Lipinski definition) is 0. The standard InChI is InChI=1S/C19H17N3O/c1-22-12-16(20-13-22)19-21-17(14-8-4-2-5-9-14)18(23-19)15-10-6-3-7-11-15/h2-13,17-18H,1H3. The molecule has 1 aromatic heterocycles. The van der Waals surface area contributed by atoms with Gasteiger partial charge in [-0.3, -0.25) is 0 Å². The second kappa shape index (κ2) is 5.72. The number of benzene rings is 2. The van der Waals surface area contributed by atoms with Crippen LogP contribution in [-0.2, 0) is 11.8 Å². The highest BCUT2D eigenvalue weighted by Crippen LogP contribution is 2.40. The molecule has 0 fully saturated rings. The quantitative estimate of drug-likeness (QED) is 0.740. The minimum absolute atomic E-state index is 0.0596. The third-order valence-corrected chi connectivity index (χ3v) is 3.97. The highest BCUT2D eigenvalue weighted by atomic mass is 16.5. The molecule has 2 heterocycles. The van der Waals surface area contributed by atoms with Crippen molar-refractivity contribution in [2.24, 2.45) is 12.0 Å². The van der Waals surface area contributed by atoms with Crippen LogP contribution in [0.2, 0.25) is 0 Å². The molecule has 2 unspecified atom stereocenters. The highest BCUT2D eigenvalue weighted by Gasteiger charge is 2.34. The molecule has 4 nitrogen and oxygen atoms in total. The van der Waals surface area contributed by atoms with Crippen LogP contribution in [0, 0.1) is 0 Å². The zero-order valence-electron chi connectivity index (χ0n) is 12.8. The molecule has 0 saturated carbocycles. The number of hydrogen-bond acceptors (Lipinski definition) is 3. The van der Waals surface area contributed by atoms with Gasteiger partial charge in [0, 0.05) is 13.2 Å². The average Bonchev–Trinajstić information content (AvgIpc) is 3.23. The van der Waals surface area contributed by atoms with Crippen molar-refractivity contribution < 1.29 is 4.74 Å². The second-order valence-electron chi connectivity index (χ2n) is 5.66. The number of rotatable bonds is 3. The van der Waals surface area contributed by atoms with Crippen LogP contribution >= 0.6 is 0 Å². The molecule has 4 heteroatoms.